The van der Waals surface area contributed by atoms with Gasteiger partial charge in [-0.15, -0.1) is 0 Å². The van der Waals surface area contributed by atoms with Gasteiger partial charge in [0, 0.05) is 101 Å². The molecule has 3 saturated heterocycles. The average molecular weight is 777 g/mol. The van der Waals surface area contributed by atoms with E-state index in [4.69, 9.17) is 0 Å². The fourth-order valence-corrected chi connectivity index (χ4v) is 8.66. The van der Waals surface area contributed by atoms with Gasteiger partial charge in [0.15, 0.2) is 5.82 Å². The zero-order valence-corrected chi connectivity index (χ0v) is 32.1. The fourth-order valence-electron chi connectivity index (χ4n) is 8.66. The summed E-state index contributed by atoms with van der Waals surface area (Å²) in [5.74, 6) is -2.13. The maximum absolute atomic E-state index is 16.6. The monoisotopic (exact) mass is 776 g/mol. The lowest BCUT2D eigenvalue weighted by atomic mass is 9.85. The van der Waals surface area contributed by atoms with E-state index in [9.17, 15) is 19.2 Å². The number of likely N-dealkylation sites (tertiary alicyclic amines) is 1. The number of nitrogens with one attached hydrogen (secondary N) is 2. The number of pyridine rings is 1. The largest absolute Gasteiger partial charge is 0.356 e. The number of aromatic nitrogens is 4. The number of aromatic amines is 1. The highest BCUT2D eigenvalue weighted by atomic mass is 19.1. The van der Waals surface area contributed by atoms with E-state index >= 15 is 8.78 Å². The quantitative estimate of drug-likeness (QED) is 0.173. The third-order valence-corrected chi connectivity index (χ3v) is 11.8. The second-order valence-corrected chi connectivity index (χ2v) is 15.6. The summed E-state index contributed by atoms with van der Waals surface area (Å²) in [6.07, 6.45) is 8.83. The number of carbonyl (C=O) groups excluding carboxylic acids is 4. The Labute approximate surface area is 329 Å². The van der Waals surface area contributed by atoms with Gasteiger partial charge in [0.1, 0.15) is 17.3 Å². The van der Waals surface area contributed by atoms with Crippen LogP contribution in [0.4, 0.5) is 14.6 Å². The summed E-state index contributed by atoms with van der Waals surface area (Å²) in [6.45, 7) is 2.87. The van der Waals surface area contributed by atoms with E-state index in [2.05, 4.69) is 49.5 Å². The minimum Gasteiger partial charge on any atom is -0.356 e. The number of hydrogen-bond acceptors (Lipinski definition) is 7. The molecule has 6 heterocycles. The molecular formula is C43H46F2N8O4. The molecule has 57 heavy (non-hydrogen) atoms. The zero-order valence-electron chi connectivity index (χ0n) is 32.1. The maximum atomic E-state index is 16.6. The number of halogens is 2. The molecule has 3 aromatic heterocycles. The van der Waals surface area contributed by atoms with Crippen molar-refractivity contribution in [1.29, 1.82) is 0 Å². The molecule has 0 spiro atoms. The Balaban J connectivity index is 1.00. The summed E-state index contributed by atoms with van der Waals surface area (Å²) in [5, 5.41) is 7.11. The number of aryl methyl sites for hydroxylation is 1. The number of rotatable bonds is 9. The van der Waals surface area contributed by atoms with Crippen LogP contribution in [0.3, 0.4) is 0 Å². The Kier molecular flexibility index (Phi) is 10.6. The standard InChI is InChI=1S/C43H46F2N8O4/c1-50(2)43(57)36-22-33-31(21-32(40(45)41(33)48-36)29-5-3-16-52(25-29)39(55)14-20-53-17-4-15-47-53)28-8-6-26(7-9-28)27-12-18-51(19-13-27)37-23-35(44)34(24-46-37)30-10-11-38(54)49-42(30)56/h4,6-9,15,17,21-24,27,29-30,48H,3,5,10-14,16,18-20,25H2,1-2H3,(H,49,54,56)/t29-,30?/m0/s1. The fraction of sp³-hybridized carbons (Fsp3) is 0.395. The number of imide groups is 1. The second-order valence-electron chi connectivity index (χ2n) is 15.6. The molecule has 8 rings (SSSR count). The molecule has 1 unspecified atom stereocenters. The molecule has 3 aliphatic heterocycles. The van der Waals surface area contributed by atoms with Gasteiger partial charge in [-0.3, -0.25) is 29.2 Å². The number of anilines is 1. The van der Waals surface area contributed by atoms with E-state index in [0.29, 0.717) is 61.6 Å². The predicted octanol–water partition coefficient (Wildman–Crippen LogP) is 6.11. The van der Waals surface area contributed by atoms with Crippen LogP contribution in [0.2, 0.25) is 0 Å². The molecule has 3 fully saturated rings. The molecule has 296 valence electrons. The zero-order chi connectivity index (χ0) is 39.8. The molecule has 5 aromatic rings. The highest BCUT2D eigenvalue weighted by molar-refractivity contribution is 6.03. The van der Waals surface area contributed by atoms with Gasteiger partial charge in [-0.2, -0.15) is 5.10 Å². The van der Waals surface area contributed by atoms with Crippen LogP contribution in [0.15, 0.2) is 67.1 Å². The smallest absolute Gasteiger partial charge is 0.269 e. The number of fused-ring (bicyclic) bond motifs is 1. The van der Waals surface area contributed by atoms with Gasteiger partial charge in [-0.25, -0.2) is 13.8 Å². The summed E-state index contributed by atoms with van der Waals surface area (Å²) in [5.41, 5.74) is 4.18. The summed E-state index contributed by atoms with van der Waals surface area (Å²) >= 11 is 0. The van der Waals surface area contributed by atoms with E-state index in [1.54, 1.807) is 31.0 Å². The Bertz CT molecular complexity index is 2320. The van der Waals surface area contributed by atoms with Crippen molar-refractivity contribution in [3.05, 3.63) is 101 Å². The van der Waals surface area contributed by atoms with Gasteiger partial charge in [0.2, 0.25) is 17.7 Å². The van der Waals surface area contributed by atoms with Crippen molar-refractivity contribution < 1.29 is 28.0 Å². The minimum absolute atomic E-state index is 0.0168. The van der Waals surface area contributed by atoms with Crippen LogP contribution in [-0.4, -0.2) is 93.5 Å². The number of nitrogens with zero attached hydrogens (tertiary/aromatic N) is 6. The molecule has 0 saturated carbocycles. The van der Waals surface area contributed by atoms with Gasteiger partial charge in [-0.05, 0) is 78.5 Å². The van der Waals surface area contributed by atoms with Crippen LogP contribution in [0.1, 0.15) is 89.9 Å². The highest BCUT2D eigenvalue weighted by Crippen LogP contribution is 2.40. The van der Waals surface area contributed by atoms with Crippen LogP contribution in [0, 0.1) is 11.6 Å². The van der Waals surface area contributed by atoms with E-state index in [1.165, 1.54) is 22.7 Å². The molecule has 3 aliphatic rings. The van der Waals surface area contributed by atoms with Crippen molar-refractivity contribution in [3.63, 3.8) is 0 Å². The van der Waals surface area contributed by atoms with Gasteiger partial charge in [0.05, 0.1) is 11.4 Å². The van der Waals surface area contributed by atoms with Gasteiger partial charge < -0.3 is 19.7 Å². The van der Waals surface area contributed by atoms with Crippen molar-refractivity contribution in [2.75, 3.05) is 45.2 Å². The van der Waals surface area contributed by atoms with E-state index in [0.717, 1.165) is 36.8 Å². The number of carbonyl (C=O) groups is 4. The van der Waals surface area contributed by atoms with Crippen LogP contribution in [0.25, 0.3) is 22.0 Å². The first-order valence-electron chi connectivity index (χ1n) is 19.7. The highest BCUT2D eigenvalue weighted by Gasteiger charge is 2.32. The molecule has 12 nitrogen and oxygen atoms in total. The van der Waals surface area contributed by atoms with Crippen LogP contribution >= 0.6 is 0 Å². The molecule has 0 radical (unpaired) electrons. The third-order valence-electron chi connectivity index (χ3n) is 11.8. The lowest BCUT2D eigenvalue weighted by Gasteiger charge is -2.34. The minimum atomic E-state index is -0.729. The Hall–Kier alpha value is -5.92. The van der Waals surface area contributed by atoms with E-state index in [-0.39, 0.29) is 53.5 Å². The predicted molar refractivity (Wildman–Crippen MR) is 211 cm³/mol. The summed E-state index contributed by atoms with van der Waals surface area (Å²) in [6, 6.07) is 15.2. The average Bonchev–Trinajstić information content (AvgIpc) is 3.92. The van der Waals surface area contributed by atoms with E-state index in [1.807, 2.05) is 23.2 Å². The summed E-state index contributed by atoms with van der Waals surface area (Å²) < 4.78 is 33.5. The lowest BCUT2D eigenvalue weighted by molar-refractivity contribution is -0.134. The molecule has 0 aliphatic carbocycles. The van der Waals surface area contributed by atoms with Gasteiger partial charge in [0.25, 0.3) is 5.91 Å². The van der Waals surface area contributed by atoms with Gasteiger partial charge >= 0.3 is 0 Å². The van der Waals surface area contributed by atoms with Gasteiger partial charge in [-0.1, -0.05) is 24.3 Å². The summed E-state index contributed by atoms with van der Waals surface area (Å²) in [4.78, 5) is 63.1. The Morgan fingerprint density at radius 3 is 2.44 bits per heavy atom. The van der Waals surface area contributed by atoms with Crippen molar-refractivity contribution in [3.8, 4) is 11.1 Å². The first kappa shape index (κ1) is 38.0. The topological polar surface area (TPSA) is 137 Å². The molecule has 14 heteroatoms. The maximum Gasteiger partial charge on any atom is 0.269 e. The first-order chi connectivity index (χ1) is 27.5. The Morgan fingerprint density at radius 2 is 1.74 bits per heavy atom. The van der Waals surface area contributed by atoms with Crippen molar-refractivity contribution >= 4 is 40.3 Å². The molecule has 2 N–H and O–H groups in total. The van der Waals surface area contributed by atoms with Crippen LogP contribution in [0.5, 0.6) is 0 Å². The SMILES string of the molecule is CN(C)C(=O)c1cc2c(-c3ccc(C4CCN(c5cc(F)c(C6CCC(=O)NC6=O)cn5)CC4)cc3)cc([C@H]3CCCN(C(=O)CCn4cccn4)C3)c(F)c2[nH]1. The van der Waals surface area contributed by atoms with Crippen molar-refractivity contribution in [2.24, 2.45) is 0 Å². The first-order valence-corrected chi connectivity index (χ1v) is 19.7. The molecule has 2 aromatic carbocycles. The third kappa shape index (κ3) is 7.77. The number of hydrogen-bond donors (Lipinski definition) is 2. The molecule has 4 amide bonds. The van der Waals surface area contributed by atoms with Crippen molar-refractivity contribution in [1.82, 2.24) is 34.9 Å². The van der Waals surface area contributed by atoms with Crippen LogP contribution in [-0.2, 0) is 20.9 Å². The number of benzene rings is 2. The number of H-pyrrole nitrogens is 1. The Morgan fingerprint density at radius 1 is 0.947 bits per heavy atom. The van der Waals surface area contributed by atoms with Crippen LogP contribution < -0.4 is 10.2 Å². The normalized spacial score (nSPS) is 19.2. The molecule has 2 atom stereocenters. The van der Waals surface area contributed by atoms with Crippen molar-refractivity contribution in [2.45, 2.75) is 69.2 Å². The van der Waals surface area contributed by atoms with E-state index < -0.39 is 23.5 Å². The number of piperidine rings is 3. The molecular weight excluding hydrogens is 731 g/mol. The lowest BCUT2D eigenvalue weighted by Crippen LogP contribution is -2.40. The number of amides is 4. The second kappa shape index (κ2) is 15.9. The summed E-state index contributed by atoms with van der Waals surface area (Å²) in [7, 11) is 3.32. The molecule has 0 bridgehead atoms.